The Balaban J connectivity index is 2.35. The van der Waals surface area contributed by atoms with E-state index in [0.29, 0.717) is 5.89 Å². The van der Waals surface area contributed by atoms with Crippen LogP contribution in [0.25, 0.3) is 0 Å². The highest BCUT2D eigenvalue weighted by Gasteiger charge is 1.98. The van der Waals surface area contributed by atoms with E-state index in [0.717, 1.165) is 0 Å². The van der Waals surface area contributed by atoms with Crippen molar-refractivity contribution in [2.45, 2.75) is 13.5 Å². The van der Waals surface area contributed by atoms with E-state index in [2.05, 4.69) is 9.72 Å². The molecule has 1 aromatic heterocycles. The molecule has 0 fully saturated rings. The molecule has 1 heterocycles. The fraction of sp³-hybridized carbons (Fsp3) is 0.333. The van der Waals surface area contributed by atoms with E-state index in [1.54, 1.807) is 0 Å². The Labute approximate surface area is 57.8 Å². The molecule has 0 aliphatic rings. The van der Waals surface area contributed by atoms with E-state index >= 15 is 0 Å². The van der Waals surface area contributed by atoms with Crippen molar-refractivity contribution in [2.75, 3.05) is 0 Å². The third kappa shape index (κ3) is 1.89. The minimum absolute atomic E-state index is 0.113. The molecule has 0 aliphatic heterocycles. The number of hydrogen-bond acceptors (Lipinski definition) is 4. The molecule has 10 heavy (non-hydrogen) atoms. The molecule has 0 N–H and O–H groups in total. The molecule has 0 spiro atoms. The van der Waals surface area contributed by atoms with Gasteiger partial charge in [-0.05, 0) is 0 Å². The monoisotopic (exact) mass is 141 g/mol. The van der Waals surface area contributed by atoms with Crippen LogP contribution in [0, 0.1) is 0 Å². The topological polar surface area (TPSA) is 52.3 Å². The van der Waals surface area contributed by atoms with Gasteiger partial charge in [0.1, 0.15) is 6.26 Å². The first-order valence-corrected chi connectivity index (χ1v) is 2.81. The van der Waals surface area contributed by atoms with Gasteiger partial charge < -0.3 is 9.15 Å². The summed E-state index contributed by atoms with van der Waals surface area (Å²) < 4.78 is 9.39. The largest absolute Gasteiger partial charge is 0.456 e. The molecule has 0 unspecified atom stereocenters. The lowest BCUT2D eigenvalue weighted by molar-refractivity contribution is -0.142. The molecule has 0 atom stereocenters. The molecular formula is C6H7NO3. The second-order valence-electron chi connectivity index (χ2n) is 1.71. The molecule has 0 bridgehead atoms. The average molecular weight is 141 g/mol. The van der Waals surface area contributed by atoms with Gasteiger partial charge in [0.05, 0.1) is 6.20 Å². The van der Waals surface area contributed by atoms with Gasteiger partial charge in [-0.1, -0.05) is 0 Å². The van der Waals surface area contributed by atoms with Crippen molar-refractivity contribution in [3.05, 3.63) is 18.4 Å². The Bertz CT molecular complexity index is 205. The van der Waals surface area contributed by atoms with E-state index in [1.165, 1.54) is 19.4 Å². The van der Waals surface area contributed by atoms with Gasteiger partial charge >= 0.3 is 5.97 Å². The summed E-state index contributed by atoms with van der Waals surface area (Å²) in [4.78, 5) is 14.0. The van der Waals surface area contributed by atoms with Crippen molar-refractivity contribution in [1.82, 2.24) is 4.98 Å². The van der Waals surface area contributed by atoms with E-state index in [-0.39, 0.29) is 12.6 Å². The predicted molar refractivity (Wildman–Crippen MR) is 32.0 cm³/mol. The summed E-state index contributed by atoms with van der Waals surface area (Å²) in [6, 6.07) is 0. The van der Waals surface area contributed by atoms with Crippen LogP contribution in [0.3, 0.4) is 0 Å². The lowest BCUT2D eigenvalue weighted by Crippen LogP contribution is -1.98. The van der Waals surface area contributed by atoms with Crippen LogP contribution in [-0.2, 0) is 16.1 Å². The van der Waals surface area contributed by atoms with Gasteiger partial charge in [-0.25, -0.2) is 4.98 Å². The Morgan fingerprint density at radius 2 is 2.70 bits per heavy atom. The summed E-state index contributed by atoms with van der Waals surface area (Å²) in [5, 5.41) is 0. The van der Waals surface area contributed by atoms with Gasteiger partial charge in [-0.2, -0.15) is 0 Å². The molecule has 0 amide bonds. The van der Waals surface area contributed by atoms with Crippen LogP contribution in [0.2, 0.25) is 0 Å². The first-order valence-electron chi connectivity index (χ1n) is 2.81. The number of hydrogen-bond donors (Lipinski definition) is 0. The molecule has 0 saturated heterocycles. The van der Waals surface area contributed by atoms with E-state index < -0.39 is 0 Å². The Hall–Kier alpha value is -1.32. The molecule has 4 nitrogen and oxygen atoms in total. The number of aromatic nitrogens is 1. The maximum atomic E-state index is 10.2. The van der Waals surface area contributed by atoms with Crippen molar-refractivity contribution in [1.29, 1.82) is 0 Å². The molecule has 4 heteroatoms. The lowest BCUT2D eigenvalue weighted by Gasteiger charge is -1.94. The minimum Gasteiger partial charge on any atom is -0.456 e. The van der Waals surface area contributed by atoms with Gasteiger partial charge in [0.25, 0.3) is 0 Å². The van der Waals surface area contributed by atoms with E-state index in [9.17, 15) is 4.79 Å². The molecule has 0 aromatic carbocycles. The third-order valence-corrected chi connectivity index (χ3v) is 0.882. The number of oxazole rings is 1. The first-order chi connectivity index (χ1) is 4.79. The fourth-order valence-corrected chi connectivity index (χ4v) is 0.488. The summed E-state index contributed by atoms with van der Waals surface area (Å²) in [5.74, 6) is 0.0772. The maximum absolute atomic E-state index is 10.2. The third-order valence-electron chi connectivity index (χ3n) is 0.882. The van der Waals surface area contributed by atoms with Gasteiger partial charge in [0.15, 0.2) is 6.61 Å². The molecular weight excluding hydrogens is 134 g/mol. The van der Waals surface area contributed by atoms with Gasteiger partial charge in [0, 0.05) is 6.92 Å². The number of nitrogens with zero attached hydrogens (tertiary/aromatic N) is 1. The Morgan fingerprint density at radius 1 is 1.90 bits per heavy atom. The van der Waals surface area contributed by atoms with Crippen LogP contribution in [0.15, 0.2) is 16.9 Å². The summed E-state index contributed by atoms with van der Waals surface area (Å²) in [6.07, 6.45) is 2.93. The van der Waals surface area contributed by atoms with Crippen molar-refractivity contribution in [3.8, 4) is 0 Å². The van der Waals surface area contributed by atoms with Crippen molar-refractivity contribution in [2.24, 2.45) is 0 Å². The zero-order chi connectivity index (χ0) is 7.40. The highest BCUT2D eigenvalue weighted by molar-refractivity contribution is 5.65. The zero-order valence-corrected chi connectivity index (χ0v) is 5.53. The fourth-order valence-electron chi connectivity index (χ4n) is 0.488. The number of esters is 1. The van der Waals surface area contributed by atoms with Crippen LogP contribution in [0.1, 0.15) is 12.8 Å². The summed E-state index contributed by atoms with van der Waals surface area (Å²) in [6.45, 7) is 1.45. The molecule has 54 valence electrons. The summed E-state index contributed by atoms with van der Waals surface area (Å²) in [7, 11) is 0. The normalized spacial score (nSPS) is 9.30. The SMILES string of the molecule is CC(=O)OCc1ncco1. The second kappa shape index (κ2) is 3.00. The number of rotatable bonds is 2. The predicted octanol–water partition coefficient (Wildman–Crippen LogP) is 0.738. The standard InChI is InChI=1S/C6H7NO3/c1-5(8)10-4-6-7-2-3-9-6/h2-3H,4H2,1H3. The Kier molecular flexibility index (Phi) is 2.04. The van der Waals surface area contributed by atoms with Crippen LogP contribution >= 0.6 is 0 Å². The number of carbonyl (C=O) groups is 1. The van der Waals surface area contributed by atoms with Gasteiger partial charge in [0.2, 0.25) is 5.89 Å². The van der Waals surface area contributed by atoms with Crippen LogP contribution in [-0.4, -0.2) is 11.0 Å². The maximum Gasteiger partial charge on any atom is 0.303 e. The van der Waals surface area contributed by atoms with Crippen LogP contribution in [0.5, 0.6) is 0 Å². The van der Waals surface area contributed by atoms with Crippen LogP contribution < -0.4 is 0 Å². The van der Waals surface area contributed by atoms with Gasteiger partial charge in [-0.3, -0.25) is 4.79 Å². The first kappa shape index (κ1) is 6.80. The van der Waals surface area contributed by atoms with Gasteiger partial charge in [-0.15, -0.1) is 0 Å². The smallest absolute Gasteiger partial charge is 0.303 e. The van der Waals surface area contributed by atoms with Crippen molar-refractivity contribution in [3.63, 3.8) is 0 Å². The van der Waals surface area contributed by atoms with Crippen molar-refractivity contribution >= 4 is 5.97 Å². The molecule has 1 aromatic rings. The molecule has 1 rings (SSSR count). The quantitative estimate of drug-likeness (QED) is 0.570. The number of carbonyl (C=O) groups excluding carboxylic acids is 1. The zero-order valence-electron chi connectivity index (χ0n) is 5.53. The van der Waals surface area contributed by atoms with E-state index in [1.807, 2.05) is 0 Å². The number of ether oxygens (including phenoxy) is 1. The highest BCUT2D eigenvalue weighted by atomic mass is 16.5. The minimum atomic E-state index is -0.335. The summed E-state index contributed by atoms with van der Waals surface area (Å²) in [5.41, 5.74) is 0. The van der Waals surface area contributed by atoms with E-state index in [4.69, 9.17) is 4.42 Å². The Morgan fingerprint density at radius 3 is 3.20 bits per heavy atom. The molecule has 0 aliphatic carbocycles. The highest BCUT2D eigenvalue weighted by Crippen LogP contribution is 1.96. The lowest BCUT2D eigenvalue weighted by atomic mass is 10.7. The molecule has 0 radical (unpaired) electrons. The molecule has 0 saturated carbocycles. The van der Waals surface area contributed by atoms with Crippen molar-refractivity contribution < 1.29 is 13.9 Å². The van der Waals surface area contributed by atoms with Crippen LogP contribution in [0.4, 0.5) is 0 Å². The summed E-state index contributed by atoms with van der Waals surface area (Å²) >= 11 is 0. The second-order valence-corrected chi connectivity index (χ2v) is 1.71. The average Bonchev–Trinajstić information content (AvgIpc) is 2.34.